The third-order valence-electron chi connectivity index (χ3n) is 6.21. The zero-order chi connectivity index (χ0) is 20.5. The van der Waals surface area contributed by atoms with Gasteiger partial charge in [0.05, 0.1) is 17.3 Å². The SMILES string of the molecule is Cc1cnc(Nc2nc(C3CCN(C(=O)[C@H]4CCCCN4)CC3)cn3cccc23)s1. The van der Waals surface area contributed by atoms with Gasteiger partial charge in [0.25, 0.3) is 0 Å². The minimum absolute atomic E-state index is 0.0159. The van der Waals surface area contributed by atoms with Gasteiger partial charge in [0.2, 0.25) is 5.91 Å². The van der Waals surface area contributed by atoms with Gasteiger partial charge in [-0.3, -0.25) is 4.79 Å². The first kappa shape index (κ1) is 19.5. The van der Waals surface area contributed by atoms with Gasteiger partial charge in [-0.2, -0.15) is 0 Å². The molecule has 1 atom stereocenters. The molecular formula is C22H28N6OS. The van der Waals surface area contributed by atoms with Crippen molar-refractivity contribution in [3.05, 3.63) is 41.3 Å². The molecule has 30 heavy (non-hydrogen) atoms. The maximum absolute atomic E-state index is 12.8. The fourth-order valence-electron chi connectivity index (χ4n) is 4.55. The van der Waals surface area contributed by atoms with Crippen LogP contribution in [0.1, 0.15) is 48.6 Å². The first-order valence-corrected chi connectivity index (χ1v) is 11.7. The van der Waals surface area contributed by atoms with E-state index < -0.39 is 0 Å². The smallest absolute Gasteiger partial charge is 0.239 e. The number of anilines is 2. The summed E-state index contributed by atoms with van der Waals surface area (Å²) in [6.07, 6.45) is 11.3. The molecule has 2 fully saturated rings. The van der Waals surface area contributed by atoms with Crippen molar-refractivity contribution in [3.8, 4) is 0 Å². The van der Waals surface area contributed by atoms with Crippen molar-refractivity contribution in [2.45, 2.75) is 51.0 Å². The van der Waals surface area contributed by atoms with Crippen LogP contribution in [0.5, 0.6) is 0 Å². The lowest BCUT2D eigenvalue weighted by molar-refractivity contribution is -0.135. The van der Waals surface area contributed by atoms with Crippen molar-refractivity contribution in [1.82, 2.24) is 24.6 Å². The Hall–Kier alpha value is -2.45. The molecule has 0 bridgehead atoms. The summed E-state index contributed by atoms with van der Waals surface area (Å²) in [5.74, 6) is 1.49. The fourth-order valence-corrected chi connectivity index (χ4v) is 5.21. The summed E-state index contributed by atoms with van der Waals surface area (Å²) < 4.78 is 2.13. The predicted molar refractivity (Wildman–Crippen MR) is 120 cm³/mol. The minimum atomic E-state index is 0.0159. The van der Waals surface area contributed by atoms with Gasteiger partial charge in [0, 0.05) is 42.5 Å². The Morgan fingerprint density at radius 1 is 1.27 bits per heavy atom. The lowest BCUT2D eigenvalue weighted by Crippen LogP contribution is -2.50. The zero-order valence-corrected chi connectivity index (χ0v) is 18.1. The van der Waals surface area contributed by atoms with Gasteiger partial charge in [-0.1, -0.05) is 6.42 Å². The van der Waals surface area contributed by atoms with Crippen LogP contribution in [0.25, 0.3) is 5.52 Å². The first-order valence-electron chi connectivity index (χ1n) is 10.9. The van der Waals surface area contributed by atoms with E-state index in [-0.39, 0.29) is 11.9 Å². The second kappa shape index (κ2) is 8.35. The number of thiazole rings is 1. The Bertz CT molecular complexity index is 1030. The van der Waals surface area contributed by atoms with Gasteiger partial charge in [-0.05, 0) is 51.3 Å². The number of amides is 1. The maximum Gasteiger partial charge on any atom is 0.239 e. The fraction of sp³-hybridized carbons (Fsp3) is 0.500. The number of piperidine rings is 2. The van der Waals surface area contributed by atoms with Crippen LogP contribution in [0.2, 0.25) is 0 Å². The molecule has 2 aliphatic heterocycles. The lowest BCUT2D eigenvalue weighted by atomic mass is 9.92. The van der Waals surface area contributed by atoms with Crippen molar-refractivity contribution in [2.24, 2.45) is 0 Å². The Morgan fingerprint density at radius 3 is 2.87 bits per heavy atom. The van der Waals surface area contributed by atoms with Gasteiger partial charge in [-0.25, -0.2) is 9.97 Å². The third-order valence-corrected chi connectivity index (χ3v) is 7.04. The van der Waals surface area contributed by atoms with E-state index in [0.29, 0.717) is 5.92 Å². The van der Waals surface area contributed by atoms with Crippen LogP contribution in [0.4, 0.5) is 10.9 Å². The van der Waals surface area contributed by atoms with Gasteiger partial charge in [-0.15, -0.1) is 11.3 Å². The first-order chi connectivity index (χ1) is 14.7. The molecule has 0 radical (unpaired) electrons. The van der Waals surface area contributed by atoms with E-state index in [4.69, 9.17) is 4.98 Å². The molecule has 7 nitrogen and oxygen atoms in total. The molecule has 0 spiro atoms. The van der Waals surface area contributed by atoms with Crippen LogP contribution in [0.15, 0.2) is 30.7 Å². The molecule has 0 saturated carbocycles. The van der Waals surface area contributed by atoms with Crippen LogP contribution in [-0.2, 0) is 4.79 Å². The molecule has 0 aromatic carbocycles. The molecule has 3 aromatic rings. The number of aromatic nitrogens is 3. The molecule has 2 aliphatic rings. The summed E-state index contributed by atoms with van der Waals surface area (Å²) in [6.45, 7) is 4.63. The molecule has 5 rings (SSSR count). The average molecular weight is 425 g/mol. The highest BCUT2D eigenvalue weighted by Crippen LogP contribution is 2.31. The molecule has 2 saturated heterocycles. The molecule has 1 amide bonds. The van der Waals surface area contributed by atoms with E-state index in [1.165, 1.54) is 11.3 Å². The number of fused-ring (bicyclic) bond motifs is 1. The van der Waals surface area contributed by atoms with E-state index in [9.17, 15) is 4.79 Å². The molecule has 0 aliphatic carbocycles. The molecule has 0 unspecified atom stereocenters. The maximum atomic E-state index is 12.8. The number of carbonyl (C=O) groups excluding carboxylic acids is 1. The normalized spacial score (nSPS) is 20.6. The third kappa shape index (κ3) is 3.94. The second-order valence-corrected chi connectivity index (χ2v) is 9.55. The van der Waals surface area contributed by atoms with E-state index in [2.05, 4.69) is 45.4 Å². The van der Waals surface area contributed by atoms with Crippen molar-refractivity contribution in [1.29, 1.82) is 0 Å². The molecule has 5 heterocycles. The van der Waals surface area contributed by atoms with Crippen molar-refractivity contribution in [3.63, 3.8) is 0 Å². The number of nitrogens with zero attached hydrogens (tertiary/aromatic N) is 4. The topological polar surface area (TPSA) is 74.6 Å². The number of carbonyl (C=O) groups is 1. The Balaban J connectivity index is 1.31. The van der Waals surface area contributed by atoms with Crippen LogP contribution in [-0.4, -0.2) is 50.9 Å². The number of likely N-dealkylation sites (tertiary alicyclic amines) is 1. The van der Waals surface area contributed by atoms with Crippen LogP contribution in [0, 0.1) is 6.92 Å². The van der Waals surface area contributed by atoms with Crippen LogP contribution in [0.3, 0.4) is 0 Å². The van der Waals surface area contributed by atoms with Crippen LogP contribution >= 0.6 is 11.3 Å². The standard InChI is InChI=1S/C22H28N6OS/c1-15-13-24-22(30-15)26-20-19-6-4-10-28(19)14-18(25-20)16-7-11-27(12-8-16)21(29)17-5-2-3-9-23-17/h4,6,10,13-14,16-17,23H,2-3,5,7-9,11-12H2,1H3,(H,24,25,26)/t17-/m1/s1. The van der Waals surface area contributed by atoms with Gasteiger partial charge >= 0.3 is 0 Å². The van der Waals surface area contributed by atoms with E-state index in [1.54, 1.807) is 11.3 Å². The largest absolute Gasteiger partial charge is 0.341 e. The van der Waals surface area contributed by atoms with Crippen molar-refractivity contribution >= 4 is 33.7 Å². The summed E-state index contributed by atoms with van der Waals surface area (Å²) in [4.78, 5) is 25.4. The van der Waals surface area contributed by atoms with Crippen molar-refractivity contribution in [2.75, 3.05) is 25.0 Å². The minimum Gasteiger partial charge on any atom is -0.341 e. The molecular weight excluding hydrogens is 396 g/mol. The average Bonchev–Trinajstić information content (AvgIpc) is 3.43. The monoisotopic (exact) mass is 424 g/mol. The Labute approximate surface area is 180 Å². The Morgan fingerprint density at radius 2 is 2.13 bits per heavy atom. The summed E-state index contributed by atoms with van der Waals surface area (Å²) in [5.41, 5.74) is 2.12. The highest BCUT2D eigenvalue weighted by atomic mass is 32.1. The number of nitrogens with one attached hydrogen (secondary N) is 2. The molecule has 3 aromatic heterocycles. The summed E-state index contributed by atoms with van der Waals surface area (Å²) in [6, 6.07) is 4.12. The van der Waals surface area contributed by atoms with Gasteiger partial charge in [0.15, 0.2) is 10.9 Å². The molecule has 2 N–H and O–H groups in total. The van der Waals surface area contributed by atoms with E-state index in [0.717, 1.165) is 67.5 Å². The highest BCUT2D eigenvalue weighted by Gasteiger charge is 2.30. The quantitative estimate of drug-likeness (QED) is 0.668. The number of hydrogen-bond donors (Lipinski definition) is 2. The predicted octanol–water partition coefficient (Wildman–Crippen LogP) is 3.69. The Kier molecular flexibility index (Phi) is 5.43. The summed E-state index contributed by atoms with van der Waals surface area (Å²) >= 11 is 1.63. The second-order valence-electron chi connectivity index (χ2n) is 8.32. The number of hydrogen-bond acceptors (Lipinski definition) is 6. The molecule has 158 valence electrons. The van der Waals surface area contributed by atoms with Crippen molar-refractivity contribution < 1.29 is 4.79 Å². The van der Waals surface area contributed by atoms with Crippen LogP contribution < -0.4 is 10.6 Å². The number of rotatable bonds is 4. The summed E-state index contributed by atoms with van der Waals surface area (Å²) in [7, 11) is 0. The van der Waals surface area contributed by atoms with E-state index >= 15 is 0 Å². The van der Waals surface area contributed by atoms with Gasteiger partial charge < -0.3 is 19.9 Å². The lowest BCUT2D eigenvalue weighted by Gasteiger charge is -2.35. The number of aryl methyl sites for hydroxylation is 1. The summed E-state index contributed by atoms with van der Waals surface area (Å²) in [5, 5.41) is 7.66. The zero-order valence-electron chi connectivity index (χ0n) is 17.3. The molecule has 8 heteroatoms. The highest BCUT2D eigenvalue weighted by molar-refractivity contribution is 7.15. The van der Waals surface area contributed by atoms with Gasteiger partial charge in [0.1, 0.15) is 0 Å². The van der Waals surface area contributed by atoms with E-state index in [1.807, 2.05) is 17.2 Å².